The van der Waals surface area contributed by atoms with Crippen LogP contribution in [0.25, 0.3) is 0 Å². The Bertz CT molecular complexity index is 437. The molecule has 0 radical (unpaired) electrons. The molecular formula is C13H14F5N. The molecule has 106 valence electrons. The number of alkyl halides is 4. The smallest absolute Gasteiger partial charge is 0.316 e. The van der Waals surface area contributed by atoms with Crippen LogP contribution in [0.1, 0.15) is 30.1 Å². The topological polar surface area (TPSA) is 12.0 Å². The minimum atomic E-state index is -4.75. The Hall–Kier alpha value is -1.17. The summed E-state index contributed by atoms with van der Waals surface area (Å²) < 4.78 is 64.7. The van der Waals surface area contributed by atoms with Gasteiger partial charge in [0, 0.05) is 12.5 Å². The molecule has 1 saturated heterocycles. The summed E-state index contributed by atoms with van der Waals surface area (Å²) >= 11 is 0. The van der Waals surface area contributed by atoms with Crippen molar-refractivity contribution in [1.29, 1.82) is 0 Å². The second-order valence-corrected chi connectivity index (χ2v) is 4.75. The minimum Gasteiger partial charge on any atom is -0.316 e. The lowest BCUT2D eigenvalue weighted by molar-refractivity contribution is -0.140. The molecule has 1 N–H and O–H groups in total. The molecule has 0 aromatic heterocycles. The third-order valence-electron chi connectivity index (χ3n) is 3.37. The zero-order valence-corrected chi connectivity index (χ0v) is 10.1. The Morgan fingerprint density at radius 2 is 2.00 bits per heavy atom. The van der Waals surface area contributed by atoms with Crippen molar-refractivity contribution in [2.24, 2.45) is 5.92 Å². The van der Waals surface area contributed by atoms with Gasteiger partial charge in [-0.15, -0.1) is 0 Å². The molecule has 0 saturated carbocycles. The van der Waals surface area contributed by atoms with Gasteiger partial charge in [0.05, 0.1) is 5.56 Å². The van der Waals surface area contributed by atoms with Gasteiger partial charge in [-0.3, -0.25) is 0 Å². The summed E-state index contributed by atoms with van der Waals surface area (Å²) in [5.74, 6) is -1.73. The fraction of sp³-hybridized carbons (Fsp3) is 0.538. The van der Waals surface area contributed by atoms with Crippen molar-refractivity contribution >= 4 is 0 Å². The molecule has 0 spiro atoms. The van der Waals surface area contributed by atoms with Crippen LogP contribution < -0.4 is 5.32 Å². The summed E-state index contributed by atoms with van der Waals surface area (Å²) in [5.41, 5.74) is -1.38. The van der Waals surface area contributed by atoms with Gasteiger partial charge in [0.1, 0.15) is 12.0 Å². The van der Waals surface area contributed by atoms with Crippen LogP contribution in [0.4, 0.5) is 22.0 Å². The van der Waals surface area contributed by atoms with Crippen molar-refractivity contribution in [3.8, 4) is 0 Å². The van der Waals surface area contributed by atoms with Crippen LogP contribution in [0.3, 0.4) is 0 Å². The van der Waals surface area contributed by atoms with E-state index in [1.165, 1.54) is 0 Å². The van der Waals surface area contributed by atoms with E-state index >= 15 is 0 Å². The van der Waals surface area contributed by atoms with E-state index in [1.54, 1.807) is 0 Å². The molecule has 1 aromatic rings. The lowest BCUT2D eigenvalue weighted by Gasteiger charge is -2.26. The highest BCUT2D eigenvalue weighted by atomic mass is 19.4. The summed E-state index contributed by atoms with van der Waals surface area (Å²) in [6, 6.07) is 2.28. The Morgan fingerprint density at radius 1 is 1.26 bits per heavy atom. The van der Waals surface area contributed by atoms with Gasteiger partial charge in [-0.05, 0) is 37.1 Å². The molecule has 6 heteroatoms. The van der Waals surface area contributed by atoms with Gasteiger partial charge in [0.15, 0.2) is 0 Å². The maximum absolute atomic E-state index is 14.1. The fourth-order valence-corrected chi connectivity index (χ4v) is 2.33. The molecule has 1 heterocycles. The molecule has 1 aliphatic heterocycles. The van der Waals surface area contributed by atoms with Gasteiger partial charge >= 0.3 is 6.18 Å². The zero-order chi connectivity index (χ0) is 14.0. The Balaban J connectivity index is 2.19. The highest BCUT2D eigenvalue weighted by molar-refractivity contribution is 5.28. The maximum Gasteiger partial charge on any atom is 0.419 e. The van der Waals surface area contributed by atoms with Crippen molar-refractivity contribution in [3.63, 3.8) is 0 Å². The van der Waals surface area contributed by atoms with E-state index in [0.29, 0.717) is 25.1 Å². The average Bonchev–Trinajstić information content (AvgIpc) is 2.37. The van der Waals surface area contributed by atoms with E-state index in [4.69, 9.17) is 0 Å². The van der Waals surface area contributed by atoms with Crippen LogP contribution in [0, 0.1) is 11.7 Å². The SMILES string of the molecule is Fc1cc(C(F)C2CCCNC2)ccc1C(F)(F)F. The molecule has 1 nitrogen and oxygen atoms in total. The van der Waals surface area contributed by atoms with Crippen molar-refractivity contribution in [3.05, 3.63) is 35.1 Å². The highest BCUT2D eigenvalue weighted by Gasteiger charge is 2.35. The number of hydrogen-bond donors (Lipinski definition) is 1. The molecule has 19 heavy (non-hydrogen) atoms. The first-order valence-electron chi connectivity index (χ1n) is 6.11. The predicted molar refractivity (Wildman–Crippen MR) is 60.8 cm³/mol. The Labute approximate surface area is 107 Å². The fourth-order valence-electron chi connectivity index (χ4n) is 2.33. The van der Waals surface area contributed by atoms with E-state index in [-0.39, 0.29) is 11.5 Å². The first-order valence-corrected chi connectivity index (χ1v) is 6.11. The van der Waals surface area contributed by atoms with Gasteiger partial charge < -0.3 is 5.32 Å². The first kappa shape index (κ1) is 14.2. The number of piperidine rings is 1. The summed E-state index contributed by atoms with van der Waals surface area (Å²) in [7, 11) is 0. The lowest BCUT2D eigenvalue weighted by atomic mass is 9.90. The summed E-state index contributed by atoms with van der Waals surface area (Å²) in [6.07, 6.45) is -4.73. The molecule has 1 fully saturated rings. The van der Waals surface area contributed by atoms with Gasteiger partial charge in [-0.1, -0.05) is 6.07 Å². The van der Waals surface area contributed by atoms with Gasteiger partial charge in [0.25, 0.3) is 0 Å². The van der Waals surface area contributed by atoms with Crippen LogP contribution in [0.2, 0.25) is 0 Å². The largest absolute Gasteiger partial charge is 0.419 e. The van der Waals surface area contributed by atoms with Crippen molar-refractivity contribution in [1.82, 2.24) is 5.32 Å². The number of halogens is 5. The highest BCUT2D eigenvalue weighted by Crippen LogP contribution is 2.35. The Morgan fingerprint density at radius 3 is 2.53 bits per heavy atom. The predicted octanol–water partition coefficient (Wildman–Crippen LogP) is 3.85. The number of hydrogen-bond acceptors (Lipinski definition) is 1. The van der Waals surface area contributed by atoms with Crippen molar-refractivity contribution in [2.75, 3.05) is 13.1 Å². The van der Waals surface area contributed by atoms with Gasteiger partial charge in [-0.25, -0.2) is 8.78 Å². The third-order valence-corrected chi connectivity index (χ3v) is 3.37. The first-order chi connectivity index (χ1) is 8.89. The summed E-state index contributed by atoms with van der Waals surface area (Å²) in [5, 5.41) is 3.02. The molecular weight excluding hydrogens is 265 g/mol. The molecule has 2 unspecified atom stereocenters. The van der Waals surface area contributed by atoms with Gasteiger partial charge in [-0.2, -0.15) is 13.2 Å². The second kappa shape index (κ2) is 5.45. The van der Waals surface area contributed by atoms with E-state index in [2.05, 4.69) is 5.32 Å². The molecule has 1 aliphatic rings. The maximum atomic E-state index is 14.1. The molecule has 0 aliphatic carbocycles. The molecule has 2 atom stereocenters. The number of nitrogens with one attached hydrogen (secondary N) is 1. The van der Waals surface area contributed by atoms with Crippen LogP contribution in [-0.4, -0.2) is 13.1 Å². The Kier molecular flexibility index (Phi) is 4.08. The van der Waals surface area contributed by atoms with E-state index < -0.39 is 23.7 Å². The quantitative estimate of drug-likeness (QED) is 0.811. The zero-order valence-electron chi connectivity index (χ0n) is 10.1. The van der Waals surface area contributed by atoms with Crippen molar-refractivity contribution < 1.29 is 22.0 Å². The van der Waals surface area contributed by atoms with Crippen LogP contribution in [-0.2, 0) is 6.18 Å². The van der Waals surface area contributed by atoms with Crippen LogP contribution in [0.5, 0.6) is 0 Å². The van der Waals surface area contributed by atoms with E-state index in [0.717, 1.165) is 19.0 Å². The molecule has 0 amide bonds. The minimum absolute atomic E-state index is 0.0285. The summed E-state index contributed by atoms with van der Waals surface area (Å²) in [4.78, 5) is 0. The standard InChI is InChI=1S/C13H14F5N/c14-11-6-8(3-4-10(11)13(16,17)18)12(15)9-2-1-5-19-7-9/h3-4,6,9,12,19H,1-2,5,7H2. The molecule has 1 aromatic carbocycles. The lowest BCUT2D eigenvalue weighted by Crippen LogP contribution is -2.32. The normalized spacial score (nSPS) is 22.3. The van der Waals surface area contributed by atoms with Crippen LogP contribution in [0.15, 0.2) is 18.2 Å². The monoisotopic (exact) mass is 279 g/mol. The average molecular weight is 279 g/mol. The number of benzene rings is 1. The summed E-state index contributed by atoms with van der Waals surface area (Å²) in [6.45, 7) is 1.27. The van der Waals surface area contributed by atoms with Crippen LogP contribution >= 0.6 is 0 Å². The third kappa shape index (κ3) is 3.23. The molecule has 0 bridgehead atoms. The second-order valence-electron chi connectivity index (χ2n) is 4.75. The van der Waals surface area contributed by atoms with Gasteiger partial charge in [0.2, 0.25) is 0 Å². The number of rotatable bonds is 2. The van der Waals surface area contributed by atoms with E-state index in [1.807, 2.05) is 0 Å². The van der Waals surface area contributed by atoms with E-state index in [9.17, 15) is 22.0 Å². The van der Waals surface area contributed by atoms with Crippen molar-refractivity contribution in [2.45, 2.75) is 25.2 Å². The molecule has 2 rings (SSSR count).